The second kappa shape index (κ2) is 7.79. The standard InChI is InChI=1S/C22H21N3O4/c1-29-20-10-16(4-7-19(20)22(27)28)17-11-21(26)25(13-17)18-5-2-15(3-6-18)12-24-9-8-23-14-24/h2-10,14,17H,11-13H2,1H3,(H,27,28). The molecule has 1 saturated heterocycles. The number of imidazole rings is 1. The molecular formula is C22H21N3O4. The molecule has 0 bridgehead atoms. The lowest BCUT2D eigenvalue weighted by Crippen LogP contribution is -2.24. The van der Waals surface area contributed by atoms with Crippen LogP contribution in [0.1, 0.15) is 33.8 Å². The number of benzene rings is 2. The Hall–Kier alpha value is -3.61. The molecule has 0 radical (unpaired) electrons. The van der Waals surface area contributed by atoms with Gasteiger partial charge in [0.15, 0.2) is 0 Å². The third kappa shape index (κ3) is 3.85. The first kappa shape index (κ1) is 18.7. The number of ether oxygens (including phenoxy) is 1. The summed E-state index contributed by atoms with van der Waals surface area (Å²) < 4.78 is 7.20. The number of anilines is 1. The molecule has 29 heavy (non-hydrogen) atoms. The maximum atomic E-state index is 12.6. The van der Waals surface area contributed by atoms with E-state index in [-0.39, 0.29) is 17.4 Å². The Labute approximate surface area is 168 Å². The van der Waals surface area contributed by atoms with Gasteiger partial charge < -0.3 is 19.3 Å². The van der Waals surface area contributed by atoms with E-state index in [0.717, 1.165) is 23.4 Å². The predicted molar refractivity (Wildman–Crippen MR) is 107 cm³/mol. The Morgan fingerprint density at radius 1 is 1.24 bits per heavy atom. The molecule has 1 amide bonds. The van der Waals surface area contributed by atoms with E-state index in [4.69, 9.17) is 4.74 Å². The number of carbonyl (C=O) groups excluding carboxylic acids is 1. The predicted octanol–water partition coefficient (Wildman–Crippen LogP) is 3.16. The summed E-state index contributed by atoms with van der Waals surface area (Å²) in [6, 6.07) is 13.0. The molecule has 1 aromatic heterocycles. The van der Waals surface area contributed by atoms with E-state index in [1.165, 1.54) is 13.2 Å². The number of aromatic nitrogens is 2. The van der Waals surface area contributed by atoms with Crippen molar-refractivity contribution in [1.82, 2.24) is 9.55 Å². The second-order valence-electron chi connectivity index (χ2n) is 7.07. The van der Waals surface area contributed by atoms with Gasteiger partial charge in [-0.1, -0.05) is 18.2 Å². The topological polar surface area (TPSA) is 84.7 Å². The number of rotatable bonds is 6. The average Bonchev–Trinajstić information content (AvgIpc) is 3.37. The molecule has 1 N–H and O–H groups in total. The lowest BCUT2D eigenvalue weighted by molar-refractivity contribution is -0.117. The van der Waals surface area contributed by atoms with Gasteiger partial charge in [-0.25, -0.2) is 9.78 Å². The quantitative estimate of drug-likeness (QED) is 0.698. The van der Waals surface area contributed by atoms with Crippen molar-refractivity contribution in [3.05, 3.63) is 77.9 Å². The van der Waals surface area contributed by atoms with Crippen LogP contribution in [0, 0.1) is 0 Å². The van der Waals surface area contributed by atoms with Crippen molar-refractivity contribution >= 4 is 17.6 Å². The Kier molecular flexibility index (Phi) is 5.03. The molecule has 0 spiro atoms. The van der Waals surface area contributed by atoms with Crippen molar-refractivity contribution in [2.24, 2.45) is 0 Å². The normalized spacial score (nSPS) is 16.2. The number of hydrogen-bond donors (Lipinski definition) is 1. The number of carboxylic acids is 1. The van der Waals surface area contributed by atoms with Crippen LogP contribution < -0.4 is 9.64 Å². The van der Waals surface area contributed by atoms with Crippen LogP contribution in [0.4, 0.5) is 5.69 Å². The SMILES string of the molecule is COc1cc(C2CC(=O)N(c3ccc(Cn4ccnc4)cc3)C2)ccc1C(=O)O. The van der Waals surface area contributed by atoms with E-state index < -0.39 is 5.97 Å². The number of hydrogen-bond acceptors (Lipinski definition) is 4. The van der Waals surface area contributed by atoms with Crippen LogP contribution >= 0.6 is 0 Å². The van der Waals surface area contributed by atoms with Gasteiger partial charge >= 0.3 is 5.97 Å². The molecular weight excluding hydrogens is 370 g/mol. The summed E-state index contributed by atoms with van der Waals surface area (Å²) >= 11 is 0. The zero-order valence-corrected chi connectivity index (χ0v) is 16.0. The van der Waals surface area contributed by atoms with E-state index >= 15 is 0 Å². The fourth-order valence-electron chi connectivity index (χ4n) is 3.69. The fraction of sp³-hybridized carbons (Fsp3) is 0.227. The number of carboxylic acid groups (broad SMARTS) is 1. The van der Waals surface area contributed by atoms with Crippen LogP contribution in [0.5, 0.6) is 5.75 Å². The summed E-state index contributed by atoms with van der Waals surface area (Å²) in [5.41, 5.74) is 3.01. The van der Waals surface area contributed by atoms with Gasteiger partial charge in [0, 0.05) is 43.5 Å². The minimum Gasteiger partial charge on any atom is -0.496 e. The van der Waals surface area contributed by atoms with Gasteiger partial charge in [-0.05, 0) is 35.4 Å². The van der Waals surface area contributed by atoms with Gasteiger partial charge in [0.2, 0.25) is 5.91 Å². The molecule has 2 aromatic carbocycles. The van der Waals surface area contributed by atoms with E-state index in [0.29, 0.717) is 18.7 Å². The highest BCUT2D eigenvalue weighted by molar-refractivity contribution is 5.96. The number of nitrogens with zero attached hydrogens (tertiary/aromatic N) is 3. The minimum atomic E-state index is -1.03. The molecule has 1 unspecified atom stereocenters. The molecule has 0 saturated carbocycles. The third-order valence-electron chi connectivity index (χ3n) is 5.22. The molecule has 1 aliphatic rings. The van der Waals surface area contributed by atoms with Crippen molar-refractivity contribution in [3.63, 3.8) is 0 Å². The molecule has 1 aliphatic heterocycles. The molecule has 148 valence electrons. The van der Waals surface area contributed by atoms with Crippen LogP contribution in [0.25, 0.3) is 0 Å². The van der Waals surface area contributed by atoms with E-state index in [9.17, 15) is 14.7 Å². The summed E-state index contributed by atoms with van der Waals surface area (Å²) in [5, 5.41) is 9.24. The zero-order valence-electron chi connectivity index (χ0n) is 16.0. The molecule has 3 aromatic rings. The van der Waals surface area contributed by atoms with Gasteiger partial charge in [0.25, 0.3) is 0 Å². The maximum Gasteiger partial charge on any atom is 0.339 e. The Balaban J connectivity index is 1.50. The molecule has 7 nitrogen and oxygen atoms in total. The van der Waals surface area contributed by atoms with Crippen LogP contribution in [-0.2, 0) is 11.3 Å². The van der Waals surface area contributed by atoms with E-state index in [2.05, 4.69) is 4.98 Å². The molecule has 2 heterocycles. The third-order valence-corrected chi connectivity index (χ3v) is 5.22. The lowest BCUT2D eigenvalue weighted by atomic mass is 9.96. The van der Waals surface area contributed by atoms with E-state index in [1.54, 1.807) is 29.6 Å². The summed E-state index contributed by atoms with van der Waals surface area (Å²) in [5.74, 6) is -0.679. The number of amides is 1. The van der Waals surface area contributed by atoms with E-state index in [1.807, 2.05) is 35.0 Å². The van der Waals surface area contributed by atoms with Gasteiger partial charge in [-0.15, -0.1) is 0 Å². The van der Waals surface area contributed by atoms with Crippen molar-refractivity contribution < 1.29 is 19.4 Å². The summed E-state index contributed by atoms with van der Waals surface area (Å²) in [7, 11) is 1.45. The second-order valence-corrected chi connectivity index (χ2v) is 7.07. The summed E-state index contributed by atoms with van der Waals surface area (Å²) in [6.45, 7) is 1.28. The van der Waals surface area contributed by atoms with Gasteiger partial charge in [0.05, 0.1) is 13.4 Å². The highest BCUT2D eigenvalue weighted by Gasteiger charge is 2.32. The summed E-state index contributed by atoms with van der Waals surface area (Å²) in [4.78, 5) is 29.7. The van der Waals surface area contributed by atoms with Crippen LogP contribution in [0.15, 0.2) is 61.2 Å². The van der Waals surface area contributed by atoms with Gasteiger partial charge in [-0.3, -0.25) is 4.79 Å². The van der Waals surface area contributed by atoms with Crippen molar-refractivity contribution in [2.45, 2.75) is 18.9 Å². The minimum absolute atomic E-state index is 0.00938. The number of methoxy groups -OCH3 is 1. The smallest absolute Gasteiger partial charge is 0.339 e. The Morgan fingerprint density at radius 2 is 2.03 bits per heavy atom. The first-order chi connectivity index (χ1) is 14.0. The summed E-state index contributed by atoms with van der Waals surface area (Å²) in [6.07, 6.45) is 5.81. The van der Waals surface area contributed by atoms with Crippen LogP contribution in [0.2, 0.25) is 0 Å². The van der Waals surface area contributed by atoms with Gasteiger partial charge in [0.1, 0.15) is 11.3 Å². The first-order valence-corrected chi connectivity index (χ1v) is 9.31. The highest BCUT2D eigenvalue weighted by Crippen LogP contribution is 2.34. The first-order valence-electron chi connectivity index (χ1n) is 9.31. The Morgan fingerprint density at radius 3 is 2.69 bits per heavy atom. The highest BCUT2D eigenvalue weighted by atomic mass is 16.5. The molecule has 1 atom stereocenters. The van der Waals surface area contributed by atoms with Crippen LogP contribution in [0.3, 0.4) is 0 Å². The van der Waals surface area contributed by atoms with Crippen LogP contribution in [-0.4, -0.2) is 40.2 Å². The Bertz CT molecular complexity index is 1030. The lowest BCUT2D eigenvalue weighted by Gasteiger charge is -2.18. The monoisotopic (exact) mass is 391 g/mol. The molecule has 1 fully saturated rings. The number of carbonyl (C=O) groups is 2. The largest absolute Gasteiger partial charge is 0.496 e. The molecule has 0 aliphatic carbocycles. The fourth-order valence-corrected chi connectivity index (χ4v) is 3.69. The average molecular weight is 391 g/mol. The van der Waals surface area contributed by atoms with Crippen molar-refractivity contribution in [3.8, 4) is 5.75 Å². The number of aromatic carboxylic acids is 1. The molecule has 7 heteroatoms. The molecule has 4 rings (SSSR count). The maximum absolute atomic E-state index is 12.6. The van der Waals surface area contributed by atoms with Crippen molar-refractivity contribution in [1.29, 1.82) is 0 Å². The zero-order chi connectivity index (χ0) is 20.4. The van der Waals surface area contributed by atoms with Crippen molar-refractivity contribution in [2.75, 3.05) is 18.6 Å². The van der Waals surface area contributed by atoms with Gasteiger partial charge in [-0.2, -0.15) is 0 Å².